The van der Waals surface area contributed by atoms with E-state index < -0.39 is 15.6 Å². The maximum Gasteiger partial charge on any atom is 0.209 e. The smallest absolute Gasteiger partial charge is 0.209 e. The highest BCUT2D eigenvalue weighted by Crippen LogP contribution is 2.20. The maximum atomic E-state index is 11.3. The van der Waals surface area contributed by atoms with Crippen LogP contribution in [0.2, 0.25) is 0 Å². The van der Waals surface area contributed by atoms with E-state index >= 15 is 0 Å². The molecule has 0 heterocycles. The van der Waals surface area contributed by atoms with Crippen molar-refractivity contribution in [3.63, 3.8) is 0 Å². The SMILES string of the molecule is CCC(NCC(C)(C)NS(C)(=O)=O)c1ccc(Br)cc1. The molecule has 1 unspecified atom stereocenters. The second-order valence-corrected chi connectivity index (χ2v) is 8.32. The van der Waals surface area contributed by atoms with Gasteiger partial charge in [0, 0.05) is 22.6 Å². The molecule has 0 amide bonds. The highest BCUT2D eigenvalue weighted by molar-refractivity contribution is 9.10. The summed E-state index contributed by atoms with van der Waals surface area (Å²) < 4.78 is 26.3. The summed E-state index contributed by atoms with van der Waals surface area (Å²) in [6, 6.07) is 8.38. The van der Waals surface area contributed by atoms with Crippen LogP contribution in [0.5, 0.6) is 0 Å². The highest BCUT2D eigenvalue weighted by Gasteiger charge is 2.23. The Balaban J connectivity index is 2.68. The lowest BCUT2D eigenvalue weighted by Gasteiger charge is -2.28. The molecule has 0 aliphatic heterocycles. The van der Waals surface area contributed by atoms with Crippen LogP contribution >= 0.6 is 15.9 Å². The number of nitrogens with one attached hydrogen (secondary N) is 2. The van der Waals surface area contributed by atoms with Crippen LogP contribution in [0.25, 0.3) is 0 Å². The van der Waals surface area contributed by atoms with Crippen molar-refractivity contribution in [1.82, 2.24) is 10.0 Å². The van der Waals surface area contributed by atoms with Crippen LogP contribution < -0.4 is 10.0 Å². The van der Waals surface area contributed by atoms with Crippen molar-refractivity contribution in [3.8, 4) is 0 Å². The Bertz CT molecular complexity index is 527. The minimum atomic E-state index is -3.20. The van der Waals surface area contributed by atoms with Gasteiger partial charge in [0.05, 0.1) is 6.26 Å². The normalized spacial score (nSPS) is 14.2. The summed E-state index contributed by atoms with van der Waals surface area (Å²) in [5, 5.41) is 3.43. The average molecular weight is 363 g/mol. The number of hydrogen-bond acceptors (Lipinski definition) is 3. The fourth-order valence-electron chi connectivity index (χ4n) is 2.11. The zero-order valence-electron chi connectivity index (χ0n) is 12.4. The van der Waals surface area contributed by atoms with E-state index in [4.69, 9.17) is 0 Å². The maximum absolute atomic E-state index is 11.3. The third kappa shape index (κ3) is 6.35. The van der Waals surface area contributed by atoms with Crippen LogP contribution in [-0.2, 0) is 10.0 Å². The molecule has 0 fully saturated rings. The van der Waals surface area contributed by atoms with Crippen LogP contribution in [0, 0.1) is 0 Å². The van der Waals surface area contributed by atoms with E-state index in [0.717, 1.165) is 10.9 Å². The van der Waals surface area contributed by atoms with E-state index in [2.05, 4.69) is 45.0 Å². The van der Waals surface area contributed by atoms with Crippen molar-refractivity contribution in [3.05, 3.63) is 34.3 Å². The lowest BCUT2D eigenvalue weighted by molar-refractivity contribution is 0.386. The van der Waals surface area contributed by atoms with Crippen LogP contribution in [-0.4, -0.2) is 26.8 Å². The van der Waals surface area contributed by atoms with Crippen molar-refractivity contribution in [1.29, 1.82) is 0 Å². The van der Waals surface area contributed by atoms with Gasteiger partial charge in [0.2, 0.25) is 10.0 Å². The van der Waals surface area contributed by atoms with Gasteiger partial charge in [-0.15, -0.1) is 0 Å². The Morgan fingerprint density at radius 2 is 1.80 bits per heavy atom. The summed E-state index contributed by atoms with van der Waals surface area (Å²) in [4.78, 5) is 0. The molecule has 0 aliphatic rings. The summed E-state index contributed by atoms with van der Waals surface area (Å²) in [7, 11) is -3.20. The van der Waals surface area contributed by atoms with E-state index in [9.17, 15) is 8.42 Å². The molecule has 0 bridgehead atoms. The third-order valence-corrected chi connectivity index (χ3v) is 4.38. The number of hydrogen-bond donors (Lipinski definition) is 2. The van der Waals surface area contributed by atoms with Gasteiger partial charge < -0.3 is 5.32 Å². The molecule has 0 aromatic heterocycles. The van der Waals surface area contributed by atoms with Crippen molar-refractivity contribution in [2.24, 2.45) is 0 Å². The van der Waals surface area contributed by atoms with Crippen LogP contribution in [0.15, 0.2) is 28.7 Å². The monoisotopic (exact) mass is 362 g/mol. The van der Waals surface area contributed by atoms with Gasteiger partial charge in [-0.2, -0.15) is 0 Å². The van der Waals surface area contributed by atoms with Gasteiger partial charge in [-0.1, -0.05) is 35.0 Å². The molecular formula is C14H23BrN2O2S. The number of halogens is 1. The molecule has 1 aromatic rings. The minimum absolute atomic E-state index is 0.212. The molecule has 1 aromatic carbocycles. The van der Waals surface area contributed by atoms with Gasteiger partial charge in [0.15, 0.2) is 0 Å². The molecule has 0 spiro atoms. The van der Waals surface area contributed by atoms with Crippen LogP contribution in [0.4, 0.5) is 0 Å². The van der Waals surface area contributed by atoms with Gasteiger partial charge in [-0.25, -0.2) is 13.1 Å². The molecule has 2 N–H and O–H groups in total. The van der Waals surface area contributed by atoms with Gasteiger partial charge in [0.25, 0.3) is 0 Å². The first kappa shape index (κ1) is 17.6. The van der Waals surface area contributed by atoms with Crippen LogP contribution in [0.1, 0.15) is 38.8 Å². The van der Waals surface area contributed by atoms with Crippen molar-refractivity contribution < 1.29 is 8.42 Å². The largest absolute Gasteiger partial charge is 0.308 e. The predicted octanol–water partition coefficient (Wildman–Crippen LogP) is 2.82. The molecule has 1 atom stereocenters. The van der Waals surface area contributed by atoms with Crippen LogP contribution in [0.3, 0.4) is 0 Å². The zero-order chi connectivity index (χ0) is 15.4. The molecular weight excluding hydrogens is 340 g/mol. The zero-order valence-corrected chi connectivity index (χ0v) is 14.8. The predicted molar refractivity (Wildman–Crippen MR) is 87.2 cm³/mol. The Labute approximate surface area is 130 Å². The third-order valence-electron chi connectivity index (χ3n) is 2.93. The average Bonchev–Trinajstić information content (AvgIpc) is 2.29. The Kier molecular flexibility index (Phi) is 6.19. The first-order chi connectivity index (χ1) is 9.13. The van der Waals surface area contributed by atoms with Crippen molar-refractivity contribution in [2.75, 3.05) is 12.8 Å². The fraction of sp³-hybridized carbons (Fsp3) is 0.571. The highest BCUT2D eigenvalue weighted by atomic mass is 79.9. The molecule has 0 radical (unpaired) electrons. The molecule has 6 heteroatoms. The van der Waals surface area contributed by atoms with E-state index in [1.54, 1.807) is 0 Å². The number of rotatable bonds is 7. The summed E-state index contributed by atoms with van der Waals surface area (Å²) >= 11 is 3.42. The van der Waals surface area contributed by atoms with Gasteiger partial charge in [-0.3, -0.25) is 0 Å². The Hall–Kier alpha value is -0.430. The molecule has 0 saturated heterocycles. The van der Waals surface area contributed by atoms with E-state index in [0.29, 0.717) is 6.54 Å². The summed E-state index contributed by atoms with van der Waals surface area (Å²) in [5.74, 6) is 0. The molecule has 0 saturated carbocycles. The lowest BCUT2D eigenvalue weighted by Crippen LogP contribution is -2.50. The summed E-state index contributed by atoms with van der Waals surface area (Å²) in [6.07, 6.45) is 2.12. The second-order valence-electron chi connectivity index (χ2n) is 5.65. The molecule has 1 rings (SSSR count). The molecule has 20 heavy (non-hydrogen) atoms. The lowest BCUT2D eigenvalue weighted by atomic mass is 10.0. The molecule has 4 nitrogen and oxygen atoms in total. The Morgan fingerprint density at radius 1 is 1.25 bits per heavy atom. The quantitative estimate of drug-likeness (QED) is 0.783. The first-order valence-electron chi connectivity index (χ1n) is 6.61. The first-order valence-corrected chi connectivity index (χ1v) is 9.29. The topological polar surface area (TPSA) is 58.2 Å². The fourth-order valence-corrected chi connectivity index (χ4v) is 3.45. The van der Waals surface area contributed by atoms with Gasteiger partial charge >= 0.3 is 0 Å². The van der Waals surface area contributed by atoms with Crippen molar-refractivity contribution in [2.45, 2.75) is 38.8 Å². The minimum Gasteiger partial charge on any atom is -0.308 e. The van der Waals surface area contributed by atoms with Gasteiger partial charge in [-0.05, 0) is 38.0 Å². The standard InChI is InChI=1S/C14H23BrN2O2S/c1-5-13(11-6-8-12(15)9-7-11)16-10-14(2,3)17-20(4,18)19/h6-9,13,16-17H,5,10H2,1-4H3. The molecule has 114 valence electrons. The number of benzene rings is 1. The Morgan fingerprint density at radius 3 is 2.25 bits per heavy atom. The van der Waals surface area contributed by atoms with E-state index in [1.165, 1.54) is 11.8 Å². The number of sulfonamides is 1. The molecule has 0 aliphatic carbocycles. The van der Waals surface area contributed by atoms with E-state index in [1.807, 2.05) is 26.0 Å². The van der Waals surface area contributed by atoms with E-state index in [-0.39, 0.29) is 6.04 Å². The van der Waals surface area contributed by atoms with Gasteiger partial charge in [0.1, 0.15) is 0 Å². The van der Waals surface area contributed by atoms with Crippen molar-refractivity contribution >= 4 is 26.0 Å². The summed E-state index contributed by atoms with van der Waals surface area (Å²) in [6.45, 7) is 6.41. The second kappa shape index (κ2) is 7.02. The summed E-state index contributed by atoms with van der Waals surface area (Å²) in [5.41, 5.74) is 0.682.